The van der Waals surface area contributed by atoms with Crippen molar-refractivity contribution >= 4 is 20.1 Å². The SMILES string of the molecule is CP1OCCSCCO1. The second-order valence-electron chi connectivity index (χ2n) is 1.72. The quantitative estimate of drug-likeness (QED) is 0.510. The molecule has 1 aliphatic rings. The Morgan fingerprint density at radius 1 is 1.22 bits per heavy atom. The largest absolute Gasteiger partial charge is 0.333 e. The molecule has 0 spiro atoms. The lowest BCUT2D eigenvalue weighted by atomic mass is 10.9. The summed E-state index contributed by atoms with van der Waals surface area (Å²) in [5.41, 5.74) is 0. The van der Waals surface area contributed by atoms with Crippen molar-refractivity contribution in [2.24, 2.45) is 0 Å². The maximum atomic E-state index is 5.30. The van der Waals surface area contributed by atoms with Gasteiger partial charge in [0.15, 0.2) is 8.38 Å². The van der Waals surface area contributed by atoms with Crippen LogP contribution >= 0.6 is 20.1 Å². The van der Waals surface area contributed by atoms with Gasteiger partial charge in [0.2, 0.25) is 0 Å². The van der Waals surface area contributed by atoms with E-state index in [2.05, 4.69) is 0 Å². The van der Waals surface area contributed by atoms with Crippen LogP contribution in [0.15, 0.2) is 0 Å². The molecule has 9 heavy (non-hydrogen) atoms. The van der Waals surface area contributed by atoms with Crippen molar-refractivity contribution < 1.29 is 9.05 Å². The average molecular weight is 166 g/mol. The summed E-state index contributed by atoms with van der Waals surface area (Å²) in [4.78, 5) is 0. The van der Waals surface area contributed by atoms with Gasteiger partial charge in [0.1, 0.15) is 0 Å². The van der Waals surface area contributed by atoms with Crippen molar-refractivity contribution in [3.05, 3.63) is 0 Å². The second-order valence-corrected chi connectivity index (χ2v) is 4.34. The van der Waals surface area contributed by atoms with Crippen molar-refractivity contribution in [1.29, 1.82) is 0 Å². The molecule has 0 saturated carbocycles. The van der Waals surface area contributed by atoms with E-state index in [4.69, 9.17) is 9.05 Å². The third-order valence-corrected chi connectivity index (χ3v) is 3.00. The Morgan fingerprint density at radius 2 is 1.78 bits per heavy atom. The monoisotopic (exact) mass is 166 g/mol. The highest BCUT2D eigenvalue weighted by Gasteiger charge is 2.05. The summed E-state index contributed by atoms with van der Waals surface area (Å²) in [6, 6.07) is 0. The van der Waals surface area contributed by atoms with E-state index in [1.54, 1.807) is 0 Å². The molecule has 1 fully saturated rings. The topological polar surface area (TPSA) is 18.5 Å². The molecule has 1 saturated heterocycles. The van der Waals surface area contributed by atoms with Crippen LogP contribution in [0.2, 0.25) is 0 Å². The van der Waals surface area contributed by atoms with Crippen LogP contribution in [0.3, 0.4) is 0 Å². The van der Waals surface area contributed by atoms with Gasteiger partial charge in [0.25, 0.3) is 0 Å². The molecule has 0 atom stereocenters. The van der Waals surface area contributed by atoms with E-state index in [-0.39, 0.29) is 0 Å². The predicted octanol–water partition coefficient (Wildman–Crippen LogP) is 1.71. The van der Waals surface area contributed by atoms with Crippen molar-refractivity contribution in [2.75, 3.05) is 31.4 Å². The van der Waals surface area contributed by atoms with Crippen LogP contribution in [-0.2, 0) is 9.05 Å². The highest BCUT2D eigenvalue weighted by molar-refractivity contribution is 7.99. The number of hydrogen-bond donors (Lipinski definition) is 0. The van der Waals surface area contributed by atoms with Gasteiger partial charge in [-0.3, -0.25) is 0 Å². The average Bonchev–Trinajstić information content (AvgIpc) is 1.79. The fourth-order valence-electron chi connectivity index (χ4n) is 0.589. The van der Waals surface area contributed by atoms with Crippen molar-refractivity contribution in [3.63, 3.8) is 0 Å². The molecule has 0 bridgehead atoms. The molecule has 0 radical (unpaired) electrons. The summed E-state index contributed by atoms with van der Waals surface area (Å²) in [7, 11) is -0.549. The Bertz CT molecular complexity index is 73.4. The van der Waals surface area contributed by atoms with Gasteiger partial charge in [-0.1, -0.05) is 0 Å². The number of hydrogen-bond acceptors (Lipinski definition) is 3. The van der Waals surface area contributed by atoms with Crippen molar-refractivity contribution in [2.45, 2.75) is 0 Å². The van der Waals surface area contributed by atoms with Crippen LogP contribution in [0.1, 0.15) is 0 Å². The predicted molar refractivity (Wildman–Crippen MR) is 42.1 cm³/mol. The third kappa shape index (κ3) is 3.41. The lowest BCUT2D eigenvalue weighted by Gasteiger charge is -2.15. The number of rotatable bonds is 0. The highest BCUT2D eigenvalue weighted by Crippen LogP contribution is 2.34. The van der Waals surface area contributed by atoms with Gasteiger partial charge in [-0.2, -0.15) is 11.8 Å². The van der Waals surface area contributed by atoms with E-state index in [9.17, 15) is 0 Å². The molecule has 0 amide bonds. The molecule has 0 aromatic rings. The van der Waals surface area contributed by atoms with Gasteiger partial charge >= 0.3 is 0 Å². The van der Waals surface area contributed by atoms with E-state index in [1.807, 2.05) is 18.4 Å². The van der Waals surface area contributed by atoms with Gasteiger partial charge < -0.3 is 9.05 Å². The summed E-state index contributed by atoms with van der Waals surface area (Å²) >= 11 is 1.89. The van der Waals surface area contributed by atoms with Crippen LogP contribution in [-0.4, -0.2) is 31.4 Å². The van der Waals surface area contributed by atoms with Crippen LogP contribution < -0.4 is 0 Å². The normalized spacial score (nSPS) is 25.0. The first-order valence-corrected chi connectivity index (χ1v) is 5.75. The first kappa shape index (κ1) is 7.80. The summed E-state index contributed by atoms with van der Waals surface area (Å²) in [5, 5.41) is 0. The molecule has 4 heteroatoms. The minimum Gasteiger partial charge on any atom is -0.333 e. The zero-order valence-electron chi connectivity index (χ0n) is 5.50. The van der Waals surface area contributed by atoms with Gasteiger partial charge in [-0.15, -0.1) is 0 Å². The molecule has 2 nitrogen and oxygen atoms in total. The zero-order chi connectivity index (χ0) is 6.53. The second kappa shape index (κ2) is 4.51. The lowest BCUT2D eigenvalue weighted by Crippen LogP contribution is -2.03. The maximum Gasteiger partial charge on any atom is 0.167 e. The van der Waals surface area contributed by atoms with Crippen LogP contribution in [0.25, 0.3) is 0 Å². The van der Waals surface area contributed by atoms with Gasteiger partial charge in [0.05, 0.1) is 13.2 Å². The van der Waals surface area contributed by atoms with E-state index in [0.717, 1.165) is 24.7 Å². The molecule has 0 unspecified atom stereocenters. The van der Waals surface area contributed by atoms with Gasteiger partial charge in [-0.05, 0) is 0 Å². The molecule has 0 N–H and O–H groups in total. The van der Waals surface area contributed by atoms with E-state index < -0.39 is 8.38 Å². The molecular formula is C5H11O2PS. The molecule has 0 aliphatic carbocycles. The van der Waals surface area contributed by atoms with Crippen molar-refractivity contribution in [1.82, 2.24) is 0 Å². The fraction of sp³-hybridized carbons (Fsp3) is 1.00. The van der Waals surface area contributed by atoms with Crippen LogP contribution in [0.4, 0.5) is 0 Å². The summed E-state index contributed by atoms with van der Waals surface area (Å²) in [6.07, 6.45) is 0. The first-order valence-electron chi connectivity index (χ1n) is 2.97. The maximum absolute atomic E-state index is 5.30. The van der Waals surface area contributed by atoms with Crippen molar-refractivity contribution in [3.8, 4) is 0 Å². The molecule has 1 rings (SSSR count). The van der Waals surface area contributed by atoms with Gasteiger partial charge in [0, 0.05) is 18.2 Å². The summed E-state index contributed by atoms with van der Waals surface area (Å²) in [6.45, 7) is 3.71. The fourth-order valence-corrected chi connectivity index (χ4v) is 2.21. The molecule has 1 aliphatic heterocycles. The Morgan fingerprint density at radius 3 is 2.33 bits per heavy atom. The molecule has 1 heterocycles. The van der Waals surface area contributed by atoms with Crippen LogP contribution in [0.5, 0.6) is 0 Å². The standard InChI is InChI=1S/C5H11O2PS/c1-8-6-2-4-9-5-3-7-8/h2-5H2,1H3. The first-order chi connectivity index (χ1) is 4.39. The highest BCUT2D eigenvalue weighted by atomic mass is 32.2. The molecule has 54 valence electrons. The summed E-state index contributed by atoms with van der Waals surface area (Å²) < 4.78 is 10.6. The smallest absolute Gasteiger partial charge is 0.167 e. The van der Waals surface area contributed by atoms with Crippen LogP contribution in [0, 0.1) is 0 Å². The zero-order valence-corrected chi connectivity index (χ0v) is 7.21. The Kier molecular flexibility index (Phi) is 3.91. The number of thioether (sulfide) groups is 1. The summed E-state index contributed by atoms with van der Waals surface area (Å²) in [5.74, 6) is 2.24. The molecule has 0 aromatic heterocycles. The van der Waals surface area contributed by atoms with E-state index in [1.165, 1.54) is 0 Å². The van der Waals surface area contributed by atoms with E-state index >= 15 is 0 Å². The van der Waals surface area contributed by atoms with E-state index in [0.29, 0.717) is 0 Å². The molecular weight excluding hydrogens is 155 g/mol. The Hall–Kier alpha value is 0.700. The lowest BCUT2D eigenvalue weighted by molar-refractivity contribution is 0.273. The van der Waals surface area contributed by atoms with Gasteiger partial charge in [-0.25, -0.2) is 0 Å². The third-order valence-electron chi connectivity index (χ3n) is 1.00. The Labute approximate surface area is 61.2 Å². The minimum atomic E-state index is -0.549. The molecule has 0 aromatic carbocycles. The minimum absolute atomic E-state index is 0.549. The Balaban J connectivity index is 2.12.